The number of aliphatic imine (C=N–C) groups is 2. The monoisotopic (exact) mass is 794 g/mol. The number of hydrogen-bond donors (Lipinski definition) is 10. The van der Waals surface area contributed by atoms with Crippen LogP contribution in [0.3, 0.4) is 0 Å². The third kappa shape index (κ3) is 12.9. The van der Waals surface area contributed by atoms with Crippen LogP contribution in [0, 0.1) is 0 Å². The number of nitrogens with two attached hydrogens (primary N) is 8. The Labute approximate surface area is 330 Å². The SMILES string of the molecule is C=C(C)c1cc(N)c(SCCN=C(N)N)c(NC(=O)c2cc(C(=O)Nc3cc(C(C)(C)C)cc(N)c3SCCN=C(N)N)c(OCCN)cc2OCCN)c1. The molecule has 18 N–H and O–H groups in total. The summed E-state index contributed by atoms with van der Waals surface area (Å²) in [6.45, 7) is 13.1. The molecule has 3 rings (SSSR count). The van der Waals surface area contributed by atoms with Gasteiger partial charge in [0.1, 0.15) is 24.7 Å². The normalized spacial score (nSPS) is 11.0. The van der Waals surface area contributed by atoms with Crippen molar-refractivity contribution in [3.05, 3.63) is 65.2 Å². The predicted molar refractivity (Wildman–Crippen MR) is 229 cm³/mol. The van der Waals surface area contributed by atoms with Gasteiger partial charge in [-0.1, -0.05) is 32.9 Å². The van der Waals surface area contributed by atoms with Gasteiger partial charge in [0.2, 0.25) is 0 Å². The van der Waals surface area contributed by atoms with Gasteiger partial charge in [0.25, 0.3) is 11.8 Å². The Balaban J connectivity index is 2.16. The van der Waals surface area contributed by atoms with Crippen molar-refractivity contribution in [2.45, 2.75) is 42.9 Å². The van der Waals surface area contributed by atoms with Crippen LogP contribution in [0.1, 0.15) is 59.5 Å². The van der Waals surface area contributed by atoms with Crippen LogP contribution in [-0.4, -0.2) is 74.6 Å². The number of anilines is 4. The van der Waals surface area contributed by atoms with Crippen LogP contribution in [0.4, 0.5) is 22.7 Å². The predicted octanol–water partition coefficient (Wildman–Crippen LogP) is 3.09. The van der Waals surface area contributed by atoms with Crippen LogP contribution in [0.5, 0.6) is 11.5 Å². The summed E-state index contributed by atoms with van der Waals surface area (Å²) in [5.41, 5.74) is 50.5. The average Bonchev–Trinajstić information content (AvgIpc) is 3.10. The van der Waals surface area contributed by atoms with E-state index < -0.39 is 11.8 Å². The summed E-state index contributed by atoms with van der Waals surface area (Å²) in [4.78, 5) is 37.9. The fourth-order valence-electron chi connectivity index (χ4n) is 5.01. The second-order valence-electron chi connectivity index (χ2n) is 13.3. The second-order valence-corrected chi connectivity index (χ2v) is 15.5. The van der Waals surface area contributed by atoms with E-state index in [4.69, 9.17) is 55.3 Å². The molecule has 0 bridgehead atoms. The van der Waals surface area contributed by atoms with Crippen molar-refractivity contribution in [1.29, 1.82) is 0 Å². The molecule has 298 valence electrons. The van der Waals surface area contributed by atoms with Crippen LogP contribution in [0.2, 0.25) is 0 Å². The number of nitrogens with one attached hydrogen (secondary N) is 2. The smallest absolute Gasteiger partial charge is 0.259 e. The zero-order valence-electron chi connectivity index (χ0n) is 31.8. The molecule has 0 unspecified atom stereocenters. The van der Waals surface area contributed by atoms with Crippen molar-refractivity contribution in [1.82, 2.24) is 0 Å². The van der Waals surface area contributed by atoms with Crippen LogP contribution in [-0.2, 0) is 5.41 Å². The Morgan fingerprint density at radius 3 is 1.60 bits per heavy atom. The summed E-state index contributed by atoms with van der Waals surface area (Å²) in [7, 11) is 0. The number of carbonyl (C=O) groups is 2. The number of nitrogen functional groups attached to an aromatic ring is 2. The van der Waals surface area contributed by atoms with E-state index in [0.717, 1.165) is 16.7 Å². The lowest BCUT2D eigenvalue weighted by atomic mass is 9.86. The summed E-state index contributed by atoms with van der Waals surface area (Å²) in [5.74, 6) is -0.0164. The first-order valence-corrected chi connectivity index (χ1v) is 19.3. The summed E-state index contributed by atoms with van der Waals surface area (Å²) in [5, 5.41) is 5.98. The third-order valence-electron chi connectivity index (χ3n) is 7.68. The van der Waals surface area contributed by atoms with Gasteiger partial charge in [-0.15, -0.1) is 23.5 Å². The number of hydrogen-bond acceptors (Lipinski definition) is 12. The van der Waals surface area contributed by atoms with Crippen molar-refractivity contribution >= 4 is 75.6 Å². The first-order valence-electron chi connectivity index (χ1n) is 17.3. The van der Waals surface area contributed by atoms with E-state index in [1.165, 1.54) is 35.7 Å². The maximum Gasteiger partial charge on any atom is 0.259 e. The molecule has 0 aliphatic carbocycles. The van der Waals surface area contributed by atoms with E-state index in [0.29, 0.717) is 57.1 Å². The van der Waals surface area contributed by atoms with Gasteiger partial charge in [-0.2, -0.15) is 0 Å². The van der Waals surface area contributed by atoms with Crippen LogP contribution in [0.15, 0.2) is 62.8 Å². The van der Waals surface area contributed by atoms with E-state index in [1.807, 2.05) is 39.8 Å². The van der Waals surface area contributed by atoms with Gasteiger partial charge < -0.3 is 66.0 Å². The summed E-state index contributed by atoms with van der Waals surface area (Å²) in [6, 6.07) is 10.2. The quantitative estimate of drug-likeness (QED) is 0.0274. The molecule has 0 spiro atoms. The van der Waals surface area contributed by atoms with Crippen LogP contribution in [0.25, 0.3) is 5.57 Å². The Bertz CT molecular complexity index is 1920. The number of rotatable bonds is 19. The molecular weight excluding hydrogens is 741 g/mol. The second kappa shape index (κ2) is 20.4. The minimum absolute atomic E-state index is 0.0290. The molecule has 16 nitrogen and oxygen atoms in total. The van der Waals surface area contributed by atoms with Crippen molar-refractivity contribution in [3.63, 3.8) is 0 Å². The average molecular weight is 795 g/mol. The van der Waals surface area contributed by atoms with Crippen molar-refractivity contribution in [2.75, 3.05) is 73.0 Å². The molecule has 3 aromatic rings. The van der Waals surface area contributed by atoms with Crippen molar-refractivity contribution in [3.8, 4) is 11.5 Å². The maximum atomic E-state index is 14.3. The minimum Gasteiger partial charge on any atom is -0.491 e. The maximum absolute atomic E-state index is 14.3. The molecule has 0 aliphatic heterocycles. The first-order chi connectivity index (χ1) is 26.0. The summed E-state index contributed by atoms with van der Waals surface area (Å²) >= 11 is 2.75. The number of amides is 2. The number of nitrogens with zero attached hydrogens (tertiary/aromatic N) is 2. The molecule has 0 radical (unpaired) electrons. The largest absolute Gasteiger partial charge is 0.491 e. The molecule has 0 aliphatic rings. The standard InChI is InChI=1S/C37H54N12O4S2/c1-20(2)21-14-25(40)31(54-12-8-46-35(42)43)27(15-21)48-33(50)23-18-24(30(53-11-7-39)19-29(23)52-10-6-38)34(51)49-28-17-22(37(3,4)5)16-26(41)32(28)55-13-9-47-36(44)45/h14-19H,1,6-13,38-41H2,2-5H3,(H,48,50)(H,49,51)(H4,42,43,46)(H4,44,45,47). The van der Waals surface area contributed by atoms with Crippen LogP contribution < -0.4 is 66.0 Å². The zero-order valence-corrected chi connectivity index (χ0v) is 33.4. The number of ether oxygens (including phenoxy) is 2. The fraction of sp³-hybridized carbons (Fsp3) is 0.351. The van der Waals surface area contributed by atoms with Crippen molar-refractivity contribution in [2.24, 2.45) is 44.4 Å². The number of carbonyl (C=O) groups excluding carboxylic acids is 2. The molecule has 0 saturated carbocycles. The molecule has 3 aromatic carbocycles. The van der Waals surface area contributed by atoms with E-state index in [2.05, 4.69) is 27.2 Å². The van der Waals surface area contributed by atoms with E-state index in [9.17, 15) is 9.59 Å². The number of benzene rings is 3. The Hall–Kier alpha value is -5.30. The zero-order chi connectivity index (χ0) is 40.9. The summed E-state index contributed by atoms with van der Waals surface area (Å²) in [6.07, 6.45) is 0. The third-order valence-corrected chi connectivity index (χ3v) is 9.94. The molecule has 0 aromatic heterocycles. The van der Waals surface area contributed by atoms with E-state index in [-0.39, 0.29) is 66.3 Å². The Morgan fingerprint density at radius 2 is 1.18 bits per heavy atom. The first kappa shape index (κ1) is 44.1. The number of allylic oxidation sites excluding steroid dienone is 1. The van der Waals surface area contributed by atoms with E-state index >= 15 is 0 Å². The van der Waals surface area contributed by atoms with Gasteiger partial charge in [0.15, 0.2) is 11.9 Å². The highest BCUT2D eigenvalue weighted by atomic mass is 32.2. The Kier molecular flexibility index (Phi) is 16.4. The summed E-state index contributed by atoms with van der Waals surface area (Å²) < 4.78 is 11.9. The fourth-order valence-corrected chi connectivity index (χ4v) is 6.76. The molecule has 2 amide bonds. The van der Waals surface area contributed by atoms with Gasteiger partial charge in [0.05, 0.1) is 45.4 Å². The lowest BCUT2D eigenvalue weighted by molar-refractivity contribution is 0.102. The number of thioether (sulfide) groups is 2. The molecule has 55 heavy (non-hydrogen) atoms. The molecule has 18 heteroatoms. The van der Waals surface area contributed by atoms with Gasteiger partial charge in [-0.25, -0.2) is 0 Å². The highest BCUT2D eigenvalue weighted by Crippen LogP contribution is 2.40. The molecule has 0 heterocycles. The highest BCUT2D eigenvalue weighted by molar-refractivity contribution is 7.99. The van der Waals surface area contributed by atoms with E-state index in [1.54, 1.807) is 12.1 Å². The molecule has 0 atom stereocenters. The lowest BCUT2D eigenvalue weighted by Crippen LogP contribution is -2.23. The topological polar surface area (TPSA) is 310 Å². The van der Waals surface area contributed by atoms with Gasteiger partial charge >= 0.3 is 0 Å². The highest BCUT2D eigenvalue weighted by Gasteiger charge is 2.25. The molecule has 0 fully saturated rings. The van der Waals surface area contributed by atoms with Crippen LogP contribution >= 0.6 is 23.5 Å². The van der Waals surface area contributed by atoms with Crippen molar-refractivity contribution < 1.29 is 19.1 Å². The van der Waals surface area contributed by atoms with Gasteiger partial charge in [0, 0.05) is 42.0 Å². The minimum atomic E-state index is -0.592. The molecular formula is C37H54N12O4S2. The van der Waals surface area contributed by atoms with Gasteiger partial charge in [-0.3, -0.25) is 19.6 Å². The lowest BCUT2D eigenvalue weighted by Gasteiger charge is -2.23. The Morgan fingerprint density at radius 1 is 0.727 bits per heavy atom. The number of guanidine groups is 2. The van der Waals surface area contributed by atoms with Gasteiger partial charge in [-0.05, 0) is 53.8 Å². The molecule has 0 saturated heterocycles.